The van der Waals surface area contributed by atoms with Gasteiger partial charge in [-0.2, -0.15) is 0 Å². The minimum Gasteiger partial charge on any atom is -0.336 e. The maximum absolute atomic E-state index is 14.8. The topological polar surface area (TPSA) is 13.1 Å². The Morgan fingerprint density at radius 3 is 1.23 bits per heavy atom. The minimum absolute atomic E-state index is 0.208. The number of aromatic nitrogens is 2. The van der Waals surface area contributed by atoms with Gasteiger partial charge < -0.3 is 14.0 Å². The van der Waals surface area contributed by atoms with E-state index in [1.54, 1.807) is 12.1 Å². The molecule has 254 valence electrons. The van der Waals surface area contributed by atoms with Crippen LogP contribution in [0.5, 0.6) is 0 Å². The lowest BCUT2D eigenvalue weighted by molar-refractivity contribution is 0.568. The first kappa shape index (κ1) is 31.6. The molecule has 0 saturated heterocycles. The molecule has 0 fully saturated rings. The smallest absolute Gasteiger partial charge is 0.131 e. The fraction of sp³-hybridized carbons (Fsp3) is 0.0455. The summed E-state index contributed by atoms with van der Waals surface area (Å²) in [6.07, 6.45) is 0. The van der Waals surface area contributed by atoms with Gasteiger partial charge in [0, 0.05) is 83.9 Å². The second-order valence-corrected chi connectivity index (χ2v) is 12.9. The van der Waals surface area contributed by atoms with Crippen LogP contribution in [0.15, 0.2) is 146 Å². The van der Waals surface area contributed by atoms with Crippen LogP contribution in [0.25, 0.3) is 43.6 Å². The zero-order chi connectivity index (χ0) is 35.5. The van der Waals surface area contributed by atoms with Crippen LogP contribution in [0.1, 0.15) is 11.1 Å². The molecular weight excluding hydrogens is 665 g/mol. The molecule has 0 N–H and O–H groups in total. The number of rotatable bonds is 7. The molecule has 0 spiro atoms. The van der Waals surface area contributed by atoms with Crippen molar-refractivity contribution in [2.24, 2.45) is 0 Å². The van der Waals surface area contributed by atoms with Crippen LogP contribution in [0, 0.1) is 29.1 Å². The second kappa shape index (κ2) is 12.4. The molecule has 2 heterocycles. The summed E-state index contributed by atoms with van der Waals surface area (Å²) in [6.45, 7) is 0.416. The van der Waals surface area contributed by atoms with Crippen LogP contribution < -0.4 is 4.90 Å². The summed E-state index contributed by atoms with van der Waals surface area (Å²) < 4.78 is 75.5. The number of hydrogen-bond acceptors (Lipinski definition) is 1. The fourth-order valence-electron chi connectivity index (χ4n) is 7.38. The Kier molecular flexibility index (Phi) is 7.54. The second-order valence-electron chi connectivity index (χ2n) is 12.9. The molecule has 0 radical (unpaired) electrons. The Hall–Kier alpha value is -6.41. The third-order valence-electron chi connectivity index (χ3n) is 9.80. The molecule has 2 aromatic heterocycles. The third-order valence-corrected chi connectivity index (χ3v) is 9.80. The van der Waals surface area contributed by atoms with Gasteiger partial charge in [-0.3, -0.25) is 0 Å². The van der Waals surface area contributed by atoms with Crippen molar-refractivity contribution in [1.29, 1.82) is 0 Å². The number of para-hydroxylation sites is 2. The van der Waals surface area contributed by atoms with Crippen LogP contribution in [0.2, 0.25) is 0 Å². The van der Waals surface area contributed by atoms with Gasteiger partial charge in [0.2, 0.25) is 0 Å². The maximum Gasteiger partial charge on any atom is 0.131 e. The van der Waals surface area contributed by atoms with Gasteiger partial charge in [-0.15, -0.1) is 0 Å². The number of benzene rings is 7. The van der Waals surface area contributed by atoms with E-state index in [1.807, 2.05) is 81.9 Å². The van der Waals surface area contributed by atoms with E-state index < -0.39 is 23.3 Å². The predicted octanol–water partition coefficient (Wildman–Crippen LogP) is 12.2. The minimum atomic E-state index is -0.626. The first-order valence-corrected chi connectivity index (χ1v) is 16.8. The van der Waals surface area contributed by atoms with Gasteiger partial charge in [0.25, 0.3) is 0 Å². The Balaban J connectivity index is 1.21. The molecule has 0 unspecified atom stereocenters. The molecule has 0 amide bonds. The molecule has 3 nitrogen and oxygen atoms in total. The zero-order valence-corrected chi connectivity index (χ0v) is 27.5. The quantitative estimate of drug-likeness (QED) is 0.152. The molecule has 0 aliphatic heterocycles. The lowest BCUT2D eigenvalue weighted by Crippen LogP contribution is -2.10. The Morgan fingerprint density at radius 2 is 0.769 bits per heavy atom. The van der Waals surface area contributed by atoms with E-state index in [2.05, 4.69) is 17.0 Å². The molecule has 0 aliphatic carbocycles. The van der Waals surface area contributed by atoms with E-state index in [0.29, 0.717) is 11.1 Å². The van der Waals surface area contributed by atoms with Crippen molar-refractivity contribution >= 4 is 60.7 Å². The van der Waals surface area contributed by atoms with Crippen LogP contribution >= 0.6 is 0 Å². The molecule has 0 bridgehead atoms. The van der Waals surface area contributed by atoms with E-state index >= 15 is 0 Å². The summed E-state index contributed by atoms with van der Waals surface area (Å²) in [5, 5.41) is 3.79. The predicted molar refractivity (Wildman–Crippen MR) is 198 cm³/mol. The summed E-state index contributed by atoms with van der Waals surface area (Å²) in [4.78, 5) is 2.05. The number of nitrogens with zero attached hydrogens (tertiary/aromatic N) is 3. The molecule has 9 rings (SSSR count). The highest BCUT2D eigenvalue weighted by Gasteiger charge is 2.20. The first-order valence-electron chi connectivity index (χ1n) is 16.8. The molecule has 0 saturated carbocycles. The highest BCUT2D eigenvalue weighted by atomic mass is 19.1. The summed E-state index contributed by atoms with van der Waals surface area (Å²) >= 11 is 0. The average molecular weight is 694 g/mol. The third kappa shape index (κ3) is 5.35. The first-order chi connectivity index (χ1) is 25.3. The van der Waals surface area contributed by atoms with Crippen molar-refractivity contribution in [2.75, 3.05) is 4.90 Å². The molecule has 7 aromatic carbocycles. The molecular formula is C44H28F5N3. The van der Waals surface area contributed by atoms with Crippen molar-refractivity contribution in [3.63, 3.8) is 0 Å². The SMILES string of the molecule is Fc1ccc(N(c2ccc3c(c2)c2ccccc2n3Cc2ccc(F)cc2F)c2ccc3c(c2)c2ccccc2n3Cc2ccc(F)cc2F)cc1. The lowest BCUT2D eigenvalue weighted by Gasteiger charge is -2.26. The fourth-order valence-corrected chi connectivity index (χ4v) is 7.38. The van der Waals surface area contributed by atoms with Gasteiger partial charge >= 0.3 is 0 Å². The highest BCUT2D eigenvalue weighted by Crippen LogP contribution is 2.41. The Labute approximate surface area is 295 Å². The summed E-state index contributed by atoms with van der Waals surface area (Å²) in [6, 6.07) is 41.4. The van der Waals surface area contributed by atoms with Gasteiger partial charge in [0.1, 0.15) is 29.1 Å². The number of halogens is 5. The highest BCUT2D eigenvalue weighted by molar-refractivity contribution is 6.11. The summed E-state index contributed by atoms with van der Waals surface area (Å²) in [7, 11) is 0. The molecule has 8 heteroatoms. The van der Waals surface area contributed by atoms with Crippen LogP contribution in [0.3, 0.4) is 0 Å². The standard InChI is InChI=1S/C44H28F5N3/c45-29-13-15-32(16-14-29)52(33-17-19-43-37(23-33)35-5-1-3-7-41(35)50(43)25-27-9-11-30(46)21-39(27)48)34-18-20-44-38(24-34)36-6-2-4-8-42(36)51(44)26-28-10-12-31(47)22-40(28)49/h1-24H,25-26H2. The van der Waals surface area contributed by atoms with Gasteiger partial charge in [0.15, 0.2) is 0 Å². The number of hydrogen-bond donors (Lipinski definition) is 0. The van der Waals surface area contributed by atoms with Gasteiger partial charge in [-0.05, 0) is 84.9 Å². The van der Waals surface area contributed by atoms with Crippen LogP contribution in [-0.2, 0) is 13.1 Å². The number of anilines is 3. The lowest BCUT2D eigenvalue weighted by atomic mass is 10.1. The zero-order valence-electron chi connectivity index (χ0n) is 27.5. The van der Waals surface area contributed by atoms with E-state index in [9.17, 15) is 22.0 Å². The van der Waals surface area contributed by atoms with E-state index in [0.717, 1.165) is 72.8 Å². The monoisotopic (exact) mass is 693 g/mol. The Bertz CT molecular complexity index is 2650. The van der Waals surface area contributed by atoms with Crippen molar-refractivity contribution in [3.8, 4) is 0 Å². The van der Waals surface area contributed by atoms with Gasteiger partial charge in [0.05, 0.1) is 13.1 Å². The van der Waals surface area contributed by atoms with Crippen molar-refractivity contribution in [1.82, 2.24) is 9.13 Å². The van der Waals surface area contributed by atoms with Crippen molar-refractivity contribution in [2.45, 2.75) is 13.1 Å². The van der Waals surface area contributed by atoms with Gasteiger partial charge in [-0.1, -0.05) is 48.5 Å². The normalized spacial score (nSPS) is 11.7. The maximum atomic E-state index is 14.8. The molecule has 9 aromatic rings. The molecule has 52 heavy (non-hydrogen) atoms. The summed E-state index contributed by atoms with van der Waals surface area (Å²) in [5.74, 6) is -2.83. The summed E-state index contributed by atoms with van der Waals surface area (Å²) in [5.41, 5.74) is 6.65. The van der Waals surface area contributed by atoms with E-state index in [-0.39, 0.29) is 18.9 Å². The van der Waals surface area contributed by atoms with E-state index in [1.165, 1.54) is 36.4 Å². The number of fused-ring (bicyclic) bond motifs is 6. The van der Waals surface area contributed by atoms with Crippen LogP contribution in [-0.4, -0.2) is 9.13 Å². The Morgan fingerprint density at radius 1 is 0.365 bits per heavy atom. The van der Waals surface area contributed by atoms with Crippen molar-refractivity contribution < 1.29 is 22.0 Å². The van der Waals surface area contributed by atoms with Gasteiger partial charge in [-0.25, -0.2) is 22.0 Å². The van der Waals surface area contributed by atoms with Crippen molar-refractivity contribution in [3.05, 3.63) is 186 Å². The average Bonchev–Trinajstić information content (AvgIpc) is 3.63. The van der Waals surface area contributed by atoms with E-state index in [4.69, 9.17) is 0 Å². The largest absolute Gasteiger partial charge is 0.336 e. The van der Waals surface area contributed by atoms with Crippen LogP contribution in [0.4, 0.5) is 39.0 Å². The molecule has 0 aliphatic rings. The molecule has 0 atom stereocenters.